The van der Waals surface area contributed by atoms with Crippen LogP contribution < -0.4 is 37.4 Å². The quantitative estimate of drug-likeness (QED) is 0.283. The van der Waals surface area contributed by atoms with Crippen molar-refractivity contribution in [3.63, 3.8) is 0 Å². The van der Waals surface area contributed by atoms with Crippen LogP contribution in [0.5, 0.6) is 11.5 Å². The van der Waals surface area contributed by atoms with Gasteiger partial charge in [-0.15, -0.1) is 0 Å². The summed E-state index contributed by atoms with van der Waals surface area (Å²) in [4.78, 5) is 31.2. The lowest BCUT2D eigenvalue weighted by atomic mass is 9.97. The molecule has 0 spiro atoms. The van der Waals surface area contributed by atoms with Crippen molar-refractivity contribution < 1.29 is 14.3 Å². The van der Waals surface area contributed by atoms with Gasteiger partial charge in [-0.25, -0.2) is 9.79 Å². The Hall–Kier alpha value is -4.18. The molecule has 0 saturated heterocycles. The Kier molecular flexibility index (Phi) is 8.58. The van der Waals surface area contributed by atoms with Crippen LogP contribution in [0.15, 0.2) is 51.0 Å². The molecule has 10 nitrogen and oxygen atoms in total. The van der Waals surface area contributed by atoms with Crippen LogP contribution in [0.4, 0.5) is 5.69 Å². The molecule has 40 heavy (non-hydrogen) atoms. The Morgan fingerprint density at radius 2 is 1.80 bits per heavy atom. The summed E-state index contributed by atoms with van der Waals surface area (Å²) in [7, 11) is 1.59. The number of aryl methyl sites for hydroxylation is 4. The number of amides is 1. The van der Waals surface area contributed by atoms with Crippen LogP contribution in [0.1, 0.15) is 29.2 Å². The monoisotopic (exact) mass is 566 g/mol. The number of ether oxygens (including phenoxy) is 2. The molecule has 0 aliphatic carbocycles. The van der Waals surface area contributed by atoms with E-state index >= 15 is 0 Å². The molecule has 3 aromatic rings. The molecular formula is C29H35ClN6O4. The number of carbonyl (C=O) groups excluding carboxylic acids is 1. The molecule has 1 aliphatic heterocycles. The van der Waals surface area contributed by atoms with E-state index in [9.17, 15) is 9.59 Å². The SMILES string of the molecule is CCOc1cc2c(cc1OC)-c1c/c(=N\c3c(C)cc(C)cc3C)n(CCNC(=O)/C(N)=C(/N)Cl)c(=O)n1CC2. The maximum Gasteiger partial charge on any atom is 0.330 e. The fourth-order valence-electron chi connectivity index (χ4n) is 5.02. The number of rotatable bonds is 8. The van der Waals surface area contributed by atoms with Gasteiger partial charge < -0.3 is 26.3 Å². The van der Waals surface area contributed by atoms with Gasteiger partial charge in [0.25, 0.3) is 5.91 Å². The van der Waals surface area contributed by atoms with Crippen LogP contribution in [0, 0.1) is 20.8 Å². The maximum absolute atomic E-state index is 13.9. The fourth-order valence-corrected chi connectivity index (χ4v) is 5.11. The molecule has 4 rings (SSSR count). The number of methoxy groups -OCH3 is 1. The third-order valence-electron chi connectivity index (χ3n) is 6.85. The number of fused-ring (bicyclic) bond motifs is 3. The zero-order chi connectivity index (χ0) is 29.1. The van der Waals surface area contributed by atoms with Gasteiger partial charge >= 0.3 is 5.69 Å². The molecule has 212 valence electrons. The van der Waals surface area contributed by atoms with Crippen LogP contribution in [0.3, 0.4) is 0 Å². The van der Waals surface area contributed by atoms with Crippen LogP contribution >= 0.6 is 11.6 Å². The van der Waals surface area contributed by atoms with E-state index in [0.717, 1.165) is 39.2 Å². The summed E-state index contributed by atoms with van der Waals surface area (Å²) in [5.74, 6) is 0.651. The second-order valence-corrected chi connectivity index (χ2v) is 10.1. The van der Waals surface area contributed by atoms with Crippen molar-refractivity contribution in [3.8, 4) is 22.8 Å². The molecule has 2 heterocycles. The van der Waals surface area contributed by atoms with E-state index in [1.54, 1.807) is 16.2 Å². The molecule has 0 bridgehead atoms. The number of carbonyl (C=O) groups is 1. The Morgan fingerprint density at radius 3 is 2.42 bits per heavy atom. The van der Waals surface area contributed by atoms with Gasteiger partial charge in [-0.3, -0.25) is 13.9 Å². The van der Waals surface area contributed by atoms with E-state index < -0.39 is 5.91 Å². The minimum atomic E-state index is -0.610. The van der Waals surface area contributed by atoms with Crippen LogP contribution in [0.25, 0.3) is 11.3 Å². The number of nitrogens with zero attached hydrogens (tertiary/aromatic N) is 3. The van der Waals surface area contributed by atoms with E-state index in [0.29, 0.717) is 36.6 Å². The highest BCUT2D eigenvalue weighted by atomic mass is 35.5. The average molecular weight is 567 g/mol. The Labute approximate surface area is 237 Å². The largest absolute Gasteiger partial charge is 0.493 e. The zero-order valence-electron chi connectivity index (χ0n) is 23.4. The average Bonchev–Trinajstić information content (AvgIpc) is 2.91. The molecule has 0 fully saturated rings. The lowest BCUT2D eigenvalue weighted by molar-refractivity contribution is -0.117. The van der Waals surface area contributed by atoms with Gasteiger partial charge in [0.2, 0.25) is 0 Å². The number of hydrogen-bond acceptors (Lipinski definition) is 7. The van der Waals surface area contributed by atoms with E-state index in [2.05, 4.69) is 17.4 Å². The molecule has 2 aromatic carbocycles. The maximum atomic E-state index is 13.9. The molecule has 0 atom stereocenters. The predicted octanol–water partition coefficient (Wildman–Crippen LogP) is 2.88. The van der Waals surface area contributed by atoms with Gasteiger partial charge in [-0.05, 0) is 62.9 Å². The molecule has 0 unspecified atom stereocenters. The van der Waals surface area contributed by atoms with E-state index in [-0.39, 0.29) is 29.6 Å². The van der Waals surface area contributed by atoms with Gasteiger partial charge in [-0.2, -0.15) is 0 Å². The second-order valence-electron chi connectivity index (χ2n) is 9.69. The topological polar surface area (TPSA) is 139 Å². The number of halogens is 1. The molecule has 1 aliphatic rings. The predicted molar refractivity (Wildman–Crippen MR) is 156 cm³/mol. The number of nitrogens with one attached hydrogen (secondary N) is 1. The summed E-state index contributed by atoms with van der Waals surface area (Å²) in [6.07, 6.45) is 0.645. The molecule has 1 amide bonds. The highest BCUT2D eigenvalue weighted by molar-refractivity contribution is 6.31. The van der Waals surface area contributed by atoms with Gasteiger partial charge in [0.1, 0.15) is 16.3 Å². The smallest absolute Gasteiger partial charge is 0.330 e. The van der Waals surface area contributed by atoms with Crippen molar-refractivity contribution in [1.82, 2.24) is 14.5 Å². The number of benzene rings is 2. The highest BCUT2D eigenvalue weighted by Gasteiger charge is 2.23. The summed E-state index contributed by atoms with van der Waals surface area (Å²) in [5.41, 5.74) is 17.6. The first-order chi connectivity index (χ1) is 19.0. The minimum absolute atomic E-state index is 0.111. The second kappa shape index (κ2) is 11.9. The van der Waals surface area contributed by atoms with Crippen molar-refractivity contribution >= 4 is 23.2 Å². The third-order valence-corrected chi connectivity index (χ3v) is 7.05. The Morgan fingerprint density at radius 1 is 1.10 bits per heavy atom. The van der Waals surface area contributed by atoms with Gasteiger partial charge in [0.15, 0.2) is 11.5 Å². The van der Waals surface area contributed by atoms with Crippen molar-refractivity contribution in [2.24, 2.45) is 16.5 Å². The van der Waals surface area contributed by atoms with Gasteiger partial charge in [0.05, 0.1) is 25.1 Å². The summed E-state index contributed by atoms with van der Waals surface area (Å²) in [5, 5.41) is 2.37. The van der Waals surface area contributed by atoms with Gasteiger partial charge in [0, 0.05) is 31.3 Å². The van der Waals surface area contributed by atoms with Crippen molar-refractivity contribution in [2.45, 2.75) is 47.2 Å². The molecule has 0 saturated carbocycles. The zero-order valence-corrected chi connectivity index (χ0v) is 24.2. The van der Waals surface area contributed by atoms with Crippen LogP contribution in [-0.4, -0.2) is 35.3 Å². The summed E-state index contributed by atoms with van der Waals surface area (Å²) in [6.45, 7) is 9.21. The van der Waals surface area contributed by atoms with Crippen molar-refractivity contribution in [1.29, 1.82) is 0 Å². The molecular weight excluding hydrogens is 532 g/mol. The van der Waals surface area contributed by atoms with Gasteiger partial charge in [-0.1, -0.05) is 29.3 Å². The highest BCUT2D eigenvalue weighted by Crippen LogP contribution is 2.37. The summed E-state index contributed by atoms with van der Waals surface area (Å²) in [6, 6.07) is 9.91. The third kappa shape index (κ3) is 5.72. The first-order valence-corrected chi connectivity index (χ1v) is 13.4. The Balaban J connectivity index is 1.89. The van der Waals surface area contributed by atoms with Crippen LogP contribution in [-0.2, 0) is 24.3 Å². The van der Waals surface area contributed by atoms with Crippen LogP contribution in [0.2, 0.25) is 0 Å². The normalized spacial score (nSPS) is 13.3. The number of hydrogen-bond donors (Lipinski definition) is 3. The van der Waals surface area contributed by atoms with E-state index in [1.165, 1.54) is 0 Å². The Bertz CT molecular complexity index is 1610. The van der Waals surface area contributed by atoms with Crippen molar-refractivity contribution in [2.75, 3.05) is 20.3 Å². The number of aromatic nitrogens is 2. The fraction of sp³-hybridized carbons (Fsp3) is 0.345. The molecule has 11 heteroatoms. The lowest BCUT2D eigenvalue weighted by Gasteiger charge is -2.25. The molecule has 0 radical (unpaired) electrons. The minimum Gasteiger partial charge on any atom is -0.493 e. The first kappa shape index (κ1) is 28.8. The molecule has 5 N–H and O–H groups in total. The summed E-state index contributed by atoms with van der Waals surface area (Å²) < 4.78 is 14.7. The first-order valence-electron chi connectivity index (χ1n) is 13.1. The number of nitrogens with two attached hydrogens (primary N) is 2. The summed E-state index contributed by atoms with van der Waals surface area (Å²) >= 11 is 5.65. The molecule has 1 aromatic heterocycles. The lowest BCUT2D eigenvalue weighted by Crippen LogP contribution is -2.44. The standard InChI is InChI=1S/C29H35ClN6O4/c1-6-40-23-13-19-7-9-35-21(20(19)14-22(23)39-5)15-24(34-26-17(3)11-16(2)12-18(26)4)36(29(35)38)10-8-33-28(37)25(31)27(30)32/h11-15H,6-10,31-32H2,1-5H3,(H,33,37)/b27-25-,34-24+. The van der Waals surface area contributed by atoms with E-state index in [4.69, 9.17) is 37.5 Å². The van der Waals surface area contributed by atoms with Crippen molar-refractivity contribution in [3.05, 3.63) is 79.4 Å². The van der Waals surface area contributed by atoms with E-state index in [1.807, 2.05) is 45.9 Å².